The largest absolute Gasteiger partial charge is 0.481 e. The van der Waals surface area contributed by atoms with Crippen molar-refractivity contribution < 1.29 is 29.4 Å². The number of carboxylic acids is 1. The summed E-state index contributed by atoms with van der Waals surface area (Å²) in [5, 5.41) is 24.1. The number of aliphatic carboxylic acids is 1. The van der Waals surface area contributed by atoms with E-state index < -0.39 is 18.1 Å². The topological polar surface area (TPSA) is 149 Å². The number of carboxylic acid groups (broad SMARTS) is 1. The lowest BCUT2D eigenvalue weighted by Gasteiger charge is -2.20. The van der Waals surface area contributed by atoms with Gasteiger partial charge in [0, 0.05) is 30.7 Å². The van der Waals surface area contributed by atoms with E-state index in [2.05, 4.69) is 15.6 Å². The predicted octanol–water partition coefficient (Wildman–Crippen LogP) is 0.345. The maximum atomic E-state index is 12.4. The summed E-state index contributed by atoms with van der Waals surface area (Å²) in [5.74, 6) is -1.61. The number of aryl methyl sites for hydroxylation is 2. The molecule has 0 radical (unpaired) electrons. The lowest BCUT2D eigenvalue weighted by molar-refractivity contribution is -0.134. The average molecular weight is 455 g/mol. The van der Waals surface area contributed by atoms with Crippen molar-refractivity contribution in [2.75, 3.05) is 13.1 Å². The predicted molar refractivity (Wildman–Crippen MR) is 113 cm³/mol. The van der Waals surface area contributed by atoms with E-state index in [-0.39, 0.29) is 30.2 Å². The number of aliphatic hydroxyl groups is 1. The molecule has 10 nitrogen and oxygen atoms in total. The molecule has 1 saturated heterocycles. The van der Waals surface area contributed by atoms with Gasteiger partial charge in [-0.1, -0.05) is 0 Å². The van der Waals surface area contributed by atoms with Gasteiger partial charge < -0.3 is 25.7 Å². The number of amides is 3. The molecule has 0 aromatic carbocycles. The fourth-order valence-corrected chi connectivity index (χ4v) is 4.48. The molecule has 31 heavy (non-hydrogen) atoms. The normalized spacial score (nSPS) is 22.6. The highest BCUT2D eigenvalue weighted by Crippen LogP contribution is 2.27. The molecule has 4 N–H and O–H groups in total. The number of rotatable bonds is 6. The van der Waals surface area contributed by atoms with Gasteiger partial charge in [-0.05, 0) is 33.1 Å². The molecule has 2 aliphatic rings. The van der Waals surface area contributed by atoms with Crippen molar-refractivity contribution >= 4 is 35.0 Å². The van der Waals surface area contributed by atoms with E-state index in [9.17, 15) is 19.5 Å². The number of thiazole rings is 1. The van der Waals surface area contributed by atoms with Crippen LogP contribution >= 0.6 is 11.3 Å². The smallest absolute Gasteiger partial charge is 0.300 e. The van der Waals surface area contributed by atoms with Gasteiger partial charge in [-0.3, -0.25) is 19.2 Å². The standard InChI is InChI=1S/C18H26N4O4S.C2H4O2/c1-10-11(2)27-16(20-10)8-19-18(26)12-6-13(14(23)7-12)21-15(24)9-22-5-3-4-17(22)25;1-2(3)4/h12-14,23H,3-9H2,1-2H3,(H,19,26)(H,21,24);1H3,(H,3,4)/t12-,13-,14-;/m0./s1. The van der Waals surface area contributed by atoms with Gasteiger partial charge in [0.25, 0.3) is 5.97 Å². The Kier molecular flexibility index (Phi) is 8.93. The fourth-order valence-electron chi connectivity index (χ4n) is 3.60. The van der Waals surface area contributed by atoms with E-state index in [0.29, 0.717) is 32.4 Å². The minimum Gasteiger partial charge on any atom is -0.481 e. The second-order valence-corrected chi connectivity index (χ2v) is 9.10. The van der Waals surface area contributed by atoms with Crippen LogP contribution in [0.2, 0.25) is 0 Å². The molecule has 1 aliphatic carbocycles. The van der Waals surface area contributed by atoms with Crippen LogP contribution in [0.5, 0.6) is 0 Å². The van der Waals surface area contributed by atoms with Gasteiger partial charge in [-0.2, -0.15) is 0 Å². The number of hydrogen-bond donors (Lipinski definition) is 4. The molecule has 11 heteroatoms. The maximum Gasteiger partial charge on any atom is 0.300 e. The van der Waals surface area contributed by atoms with Gasteiger partial charge in [0.1, 0.15) is 5.01 Å². The number of nitrogens with one attached hydrogen (secondary N) is 2. The molecule has 1 saturated carbocycles. The molecule has 0 unspecified atom stereocenters. The van der Waals surface area contributed by atoms with Crippen LogP contribution in [0.25, 0.3) is 0 Å². The van der Waals surface area contributed by atoms with Crippen molar-refractivity contribution in [1.82, 2.24) is 20.5 Å². The van der Waals surface area contributed by atoms with Gasteiger partial charge in [-0.15, -0.1) is 11.3 Å². The van der Waals surface area contributed by atoms with Crippen LogP contribution in [-0.4, -0.2) is 69.0 Å². The monoisotopic (exact) mass is 454 g/mol. The Morgan fingerprint density at radius 3 is 2.48 bits per heavy atom. The van der Waals surface area contributed by atoms with E-state index in [0.717, 1.165) is 28.9 Å². The van der Waals surface area contributed by atoms with Crippen LogP contribution in [-0.2, 0) is 25.7 Å². The van der Waals surface area contributed by atoms with Gasteiger partial charge >= 0.3 is 0 Å². The summed E-state index contributed by atoms with van der Waals surface area (Å²) >= 11 is 1.56. The molecular formula is C20H30N4O6S. The van der Waals surface area contributed by atoms with Gasteiger partial charge in [-0.25, -0.2) is 4.98 Å². The van der Waals surface area contributed by atoms with E-state index in [1.807, 2.05) is 13.8 Å². The third-order valence-corrected chi connectivity index (χ3v) is 6.31. The Bertz CT molecular complexity index is 803. The van der Waals surface area contributed by atoms with Crippen LogP contribution in [0.15, 0.2) is 0 Å². The highest BCUT2D eigenvalue weighted by atomic mass is 32.1. The van der Waals surface area contributed by atoms with Crippen molar-refractivity contribution in [1.29, 1.82) is 0 Å². The molecule has 2 fully saturated rings. The second-order valence-electron chi connectivity index (χ2n) is 7.81. The van der Waals surface area contributed by atoms with Crippen LogP contribution < -0.4 is 10.6 Å². The maximum absolute atomic E-state index is 12.4. The third-order valence-electron chi connectivity index (χ3n) is 5.24. The van der Waals surface area contributed by atoms with Crippen LogP contribution in [0.3, 0.4) is 0 Å². The number of likely N-dealkylation sites (tertiary alicyclic amines) is 1. The van der Waals surface area contributed by atoms with Crippen molar-refractivity contribution in [2.24, 2.45) is 5.92 Å². The zero-order valence-electron chi connectivity index (χ0n) is 18.0. The number of aliphatic hydroxyl groups excluding tert-OH is 1. The fraction of sp³-hybridized carbons (Fsp3) is 0.650. The van der Waals surface area contributed by atoms with Crippen LogP contribution in [0.4, 0.5) is 0 Å². The minimum absolute atomic E-state index is 0.0120. The Balaban J connectivity index is 0.000000785. The molecule has 0 bridgehead atoms. The Labute approximate surface area is 185 Å². The minimum atomic E-state index is -0.833. The highest BCUT2D eigenvalue weighted by molar-refractivity contribution is 7.11. The number of hydrogen-bond acceptors (Lipinski definition) is 7. The van der Waals surface area contributed by atoms with E-state index >= 15 is 0 Å². The first-order valence-corrected chi connectivity index (χ1v) is 11.0. The summed E-state index contributed by atoms with van der Waals surface area (Å²) in [6.07, 6.45) is 1.21. The summed E-state index contributed by atoms with van der Waals surface area (Å²) < 4.78 is 0. The van der Waals surface area contributed by atoms with Crippen molar-refractivity contribution in [3.05, 3.63) is 15.6 Å². The molecule has 172 valence electrons. The molecule has 2 heterocycles. The molecule has 3 amide bonds. The molecular weight excluding hydrogens is 424 g/mol. The molecule has 3 rings (SSSR count). The molecule has 1 aliphatic heterocycles. The second kappa shape index (κ2) is 11.2. The quantitative estimate of drug-likeness (QED) is 0.484. The van der Waals surface area contributed by atoms with Gasteiger partial charge in [0.05, 0.1) is 30.9 Å². The van der Waals surface area contributed by atoms with E-state index in [1.54, 1.807) is 11.3 Å². The van der Waals surface area contributed by atoms with Gasteiger partial charge in [0.15, 0.2) is 0 Å². The lowest BCUT2D eigenvalue weighted by Crippen LogP contribution is -2.45. The van der Waals surface area contributed by atoms with Gasteiger partial charge in [0.2, 0.25) is 17.7 Å². The third kappa shape index (κ3) is 7.59. The first-order chi connectivity index (χ1) is 14.6. The Morgan fingerprint density at radius 1 is 1.26 bits per heavy atom. The summed E-state index contributed by atoms with van der Waals surface area (Å²) in [4.78, 5) is 52.2. The molecule has 0 spiro atoms. The number of nitrogens with zero attached hydrogens (tertiary/aromatic N) is 2. The van der Waals surface area contributed by atoms with Crippen LogP contribution in [0.1, 0.15) is 48.2 Å². The lowest BCUT2D eigenvalue weighted by atomic mass is 10.1. The highest BCUT2D eigenvalue weighted by Gasteiger charge is 2.38. The Morgan fingerprint density at radius 2 is 1.94 bits per heavy atom. The zero-order chi connectivity index (χ0) is 23.1. The van der Waals surface area contributed by atoms with Crippen molar-refractivity contribution in [2.45, 2.75) is 65.1 Å². The van der Waals surface area contributed by atoms with Crippen LogP contribution in [0, 0.1) is 19.8 Å². The molecule has 1 aromatic heterocycles. The van der Waals surface area contributed by atoms with E-state index in [1.165, 1.54) is 4.90 Å². The summed E-state index contributed by atoms with van der Waals surface area (Å²) in [5.41, 5.74) is 0.972. The molecule has 1 aromatic rings. The summed E-state index contributed by atoms with van der Waals surface area (Å²) in [7, 11) is 0. The first-order valence-electron chi connectivity index (χ1n) is 10.2. The molecule has 3 atom stereocenters. The summed E-state index contributed by atoms with van der Waals surface area (Å²) in [6.45, 7) is 6.00. The van der Waals surface area contributed by atoms with E-state index in [4.69, 9.17) is 9.90 Å². The summed E-state index contributed by atoms with van der Waals surface area (Å²) in [6, 6.07) is -0.463. The SMILES string of the molecule is CC(=O)O.Cc1nc(CNC(=O)[C@H]2C[C@H](NC(=O)CN3CCCC3=O)[C@@H](O)C2)sc1C. The zero-order valence-corrected chi connectivity index (χ0v) is 18.8. The number of carbonyl (C=O) groups is 4. The Hall–Kier alpha value is -2.53. The van der Waals surface area contributed by atoms with Crippen molar-refractivity contribution in [3.63, 3.8) is 0 Å². The first kappa shape index (κ1) is 24.7. The number of aromatic nitrogens is 1. The van der Waals surface area contributed by atoms with Crippen molar-refractivity contribution in [3.8, 4) is 0 Å². The number of carbonyl (C=O) groups excluding carboxylic acids is 3. The average Bonchev–Trinajstić information content (AvgIpc) is 3.33.